The van der Waals surface area contributed by atoms with Crippen molar-refractivity contribution >= 4 is 44.8 Å². The minimum atomic E-state index is -2.56. The van der Waals surface area contributed by atoms with Crippen molar-refractivity contribution in [3.05, 3.63) is 115 Å². The molecule has 188 valence electrons. The van der Waals surface area contributed by atoms with Crippen molar-refractivity contribution in [3.8, 4) is 22.3 Å². The molecule has 0 bridgehead atoms. The molecule has 0 aliphatic heterocycles. The molecule has 6 rings (SSSR count). The first-order valence-corrected chi connectivity index (χ1v) is 15.4. The van der Waals surface area contributed by atoms with E-state index in [-0.39, 0.29) is 11.3 Å². The number of benzene rings is 6. The lowest BCUT2D eigenvalue weighted by Crippen LogP contribution is -2.19. The summed E-state index contributed by atoms with van der Waals surface area (Å²) >= 11 is 0. The summed E-state index contributed by atoms with van der Waals surface area (Å²) in [7, 11) is -2.56. The van der Waals surface area contributed by atoms with E-state index >= 15 is 0 Å². The van der Waals surface area contributed by atoms with Gasteiger partial charge in [0.2, 0.25) is 0 Å². The van der Waals surface area contributed by atoms with Crippen LogP contribution in [0.5, 0.6) is 0 Å². The van der Waals surface area contributed by atoms with Gasteiger partial charge in [0.05, 0.1) is 0 Å². The van der Waals surface area contributed by atoms with Gasteiger partial charge in [-0.3, -0.25) is 0 Å². The Hall–Kier alpha value is -3.67. The minimum Gasteiger partial charge on any atom is -0.318 e. The summed E-state index contributed by atoms with van der Waals surface area (Å²) < 4.78 is 14.3. The van der Waals surface area contributed by atoms with Gasteiger partial charge >= 0.3 is 0 Å². The highest BCUT2D eigenvalue weighted by atomic mass is 31.2. The van der Waals surface area contributed by atoms with Crippen LogP contribution in [0, 0.1) is 0 Å². The van der Waals surface area contributed by atoms with E-state index < -0.39 is 7.14 Å². The Labute approximate surface area is 225 Å². The van der Waals surface area contributed by atoms with Gasteiger partial charge in [-0.15, -0.1) is 0 Å². The van der Waals surface area contributed by atoms with Gasteiger partial charge in [0.25, 0.3) is 0 Å². The van der Waals surface area contributed by atoms with E-state index in [4.69, 9.17) is 0 Å². The molecule has 0 saturated heterocycles. The van der Waals surface area contributed by atoms with Gasteiger partial charge in [-0.2, -0.15) is 0 Å². The molecule has 0 N–H and O–H groups in total. The van der Waals surface area contributed by atoms with Crippen LogP contribution >= 0.6 is 7.14 Å². The van der Waals surface area contributed by atoms with Crippen molar-refractivity contribution in [1.29, 1.82) is 0 Å². The molecule has 0 amide bonds. The predicted molar refractivity (Wildman–Crippen MR) is 167 cm³/mol. The number of fused-ring (bicyclic) bond motifs is 3. The quantitative estimate of drug-likeness (QED) is 0.166. The third-order valence-electron chi connectivity index (χ3n) is 8.04. The molecular weight excluding hydrogens is 479 g/mol. The number of hydrogen-bond donors (Lipinski definition) is 0. The number of rotatable bonds is 5. The molecule has 0 heterocycles. The third kappa shape index (κ3) is 3.89. The van der Waals surface area contributed by atoms with Crippen LogP contribution in [0.3, 0.4) is 0 Å². The van der Waals surface area contributed by atoms with Gasteiger partial charge in [-0.1, -0.05) is 131 Å². The molecule has 0 saturated carbocycles. The Balaban J connectivity index is 1.68. The van der Waals surface area contributed by atoms with Gasteiger partial charge in [-0.05, 0) is 66.7 Å². The highest BCUT2D eigenvalue weighted by Gasteiger charge is 2.32. The molecule has 38 heavy (non-hydrogen) atoms. The van der Waals surface area contributed by atoms with Crippen LogP contribution in [0.15, 0.2) is 115 Å². The molecular formula is C36H33OP. The van der Waals surface area contributed by atoms with Gasteiger partial charge in [0.1, 0.15) is 7.14 Å². The fraction of sp³-hybridized carbons (Fsp3) is 0.167. The van der Waals surface area contributed by atoms with Crippen molar-refractivity contribution in [2.24, 2.45) is 0 Å². The Bertz CT molecular complexity index is 1790. The normalized spacial score (nSPS) is 12.3. The molecule has 0 aliphatic rings. The summed E-state index contributed by atoms with van der Waals surface area (Å²) in [6.45, 7) is 8.38. The maximum Gasteiger partial charge on any atom is 0.120 e. The number of hydrogen-bond acceptors (Lipinski definition) is 1. The van der Waals surface area contributed by atoms with Crippen molar-refractivity contribution in [3.63, 3.8) is 0 Å². The average molecular weight is 513 g/mol. The van der Waals surface area contributed by atoms with Crippen LogP contribution in [0.2, 0.25) is 0 Å². The predicted octanol–water partition coefficient (Wildman–Crippen LogP) is 10.3. The largest absolute Gasteiger partial charge is 0.318 e. The second-order valence-electron chi connectivity index (χ2n) is 10.9. The van der Waals surface area contributed by atoms with Crippen LogP contribution in [0.4, 0.5) is 0 Å². The highest BCUT2D eigenvalue weighted by molar-refractivity contribution is 7.72. The zero-order valence-electron chi connectivity index (χ0n) is 22.5. The highest BCUT2D eigenvalue weighted by Crippen LogP contribution is 2.54. The summed E-state index contributed by atoms with van der Waals surface area (Å²) in [4.78, 5) is 0. The van der Waals surface area contributed by atoms with E-state index in [2.05, 4.69) is 143 Å². The Morgan fingerprint density at radius 1 is 0.474 bits per heavy atom. The molecule has 0 atom stereocenters. The van der Waals surface area contributed by atoms with Crippen LogP contribution in [-0.4, -0.2) is 11.3 Å². The van der Waals surface area contributed by atoms with Crippen molar-refractivity contribution < 1.29 is 4.57 Å². The maximum absolute atomic E-state index is 14.3. The standard InChI is InChI=1S/C36H33OP/c1-24(2)38(37,25(3)4)30-15-11-14-28(23-30)35-31-16-7-9-18-33(31)36(34-19-10-8-17-32(34)35)29-21-20-26-12-5-6-13-27(26)22-29/h5-25H,1-4H3. The van der Waals surface area contributed by atoms with E-state index in [0.717, 1.165) is 10.9 Å². The molecule has 0 spiro atoms. The fourth-order valence-electron chi connectivity index (χ4n) is 6.17. The molecule has 2 heteroatoms. The summed E-state index contributed by atoms with van der Waals surface area (Å²) in [5.74, 6) is 0. The molecule has 0 unspecified atom stereocenters. The van der Waals surface area contributed by atoms with E-state index in [9.17, 15) is 4.57 Å². The molecule has 0 aliphatic carbocycles. The summed E-state index contributed by atoms with van der Waals surface area (Å²) in [6.07, 6.45) is 0. The molecule has 6 aromatic carbocycles. The fourth-order valence-corrected chi connectivity index (χ4v) is 9.21. The lowest BCUT2D eigenvalue weighted by Gasteiger charge is -2.27. The van der Waals surface area contributed by atoms with Crippen LogP contribution in [0.25, 0.3) is 54.6 Å². The Morgan fingerprint density at radius 3 is 1.47 bits per heavy atom. The Kier molecular flexibility index (Phi) is 6.21. The van der Waals surface area contributed by atoms with Gasteiger partial charge < -0.3 is 4.57 Å². The van der Waals surface area contributed by atoms with E-state index in [1.165, 1.54) is 49.0 Å². The lowest BCUT2D eigenvalue weighted by molar-refractivity contribution is 0.569. The third-order valence-corrected chi connectivity index (χ3v) is 12.2. The van der Waals surface area contributed by atoms with E-state index in [0.29, 0.717) is 0 Å². The first kappa shape index (κ1) is 24.7. The second kappa shape index (κ2) is 9.57. The van der Waals surface area contributed by atoms with Crippen LogP contribution in [0.1, 0.15) is 27.7 Å². The van der Waals surface area contributed by atoms with Crippen LogP contribution < -0.4 is 5.30 Å². The second-order valence-corrected chi connectivity index (χ2v) is 14.9. The van der Waals surface area contributed by atoms with Crippen LogP contribution in [-0.2, 0) is 4.57 Å². The Morgan fingerprint density at radius 2 is 0.947 bits per heavy atom. The van der Waals surface area contributed by atoms with Gasteiger partial charge in [0, 0.05) is 16.6 Å². The van der Waals surface area contributed by atoms with Crippen molar-refractivity contribution in [2.45, 2.75) is 39.0 Å². The molecule has 0 radical (unpaired) electrons. The summed E-state index contributed by atoms with van der Waals surface area (Å²) in [5.41, 5.74) is 5.02. The van der Waals surface area contributed by atoms with Crippen molar-refractivity contribution in [1.82, 2.24) is 0 Å². The van der Waals surface area contributed by atoms with Crippen molar-refractivity contribution in [2.75, 3.05) is 0 Å². The van der Waals surface area contributed by atoms with Gasteiger partial charge in [-0.25, -0.2) is 0 Å². The van der Waals surface area contributed by atoms with E-state index in [1.807, 2.05) is 0 Å². The van der Waals surface area contributed by atoms with Gasteiger partial charge in [0.15, 0.2) is 0 Å². The summed E-state index contributed by atoms with van der Waals surface area (Å²) in [5, 5.41) is 8.37. The average Bonchev–Trinajstić information content (AvgIpc) is 2.95. The first-order valence-electron chi connectivity index (χ1n) is 13.5. The zero-order chi connectivity index (χ0) is 26.4. The summed E-state index contributed by atoms with van der Waals surface area (Å²) in [6, 6.07) is 41.3. The maximum atomic E-state index is 14.3. The molecule has 0 fully saturated rings. The molecule has 6 aromatic rings. The first-order chi connectivity index (χ1) is 18.4. The zero-order valence-corrected chi connectivity index (χ0v) is 23.4. The molecule has 0 aromatic heterocycles. The van der Waals surface area contributed by atoms with E-state index in [1.54, 1.807) is 0 Å². The smallest absolute Gasteiger partial charge is 0.120 e. The topological polar surface area (TPSA) is 17.1 Å². The molecule has 1 nitrogen and oxygen atoms in total. The minimum absolute atomic E-state index is 0.0986. The lowest BCUT2D eigenvalue weighted by atomic mass is 9.85. The monoisotopic (exact) mass is 512 g/mol. The SMILES string of the molecule is CC(C)P(=O)(c1cccc(-c2c3ccccc3c(-c3ccc4ccccc4c3)c3ccccc23)c1)C(C)C.